The van der Waals surface area contributed by atoms with Crippen LogP contribution in [-0.4, -0.2) is 18.3 Å². The van der Waals surface area contributed by atoms with E-state index in [0.29, 0.717) is 13.2 Å². The van der Waals surface area contributed by atoms with Gasteiger partial charge in [-0.2, -0.15) is 0 Å². The molecule has 0 aliphatic carbocycles. The van der Waals surface area contributed by atoms with E-state index in [1.807, 2.05) is 31.2 Å². The second-order valence-electron chi connectivity index (χ2n) is 4.66. The van der Waals surface area contributed by atoms with E-state index in [9.17, 15) is 5.11 Å². The average molecular weight is 248 g/mol. The summed E-state index contributed by atoms with van der Waals surface area (Å²) >= 11 is 0. The summed E-state index contributed by atoms with van der Waals surface area (Å²) in [5.41, 5.74) is 1.07. The van der Waals surface area contributed by atoms with Crippen molar-refractivity contribution in [2.24, 2.45) is 5.41 Å². The Kier molecular flexibility index (Phi) is 6.69. The molecule has 0 aromatic heterocycles. The number of ether oxygens (including phenoxy) is 1. The lowest BCUT2D eigenvalue weighted by molar-refractivity contribution is 0.0704. The molecule has 100 valence electrons. The summed E-state index contributed by atoms with van der Waals surface area (Å²) in [7, 11) is 0. The molecular weight excluding hydrogens is 224 g/mol. The molecule has 0 heterocycles. The van der Waals surface area contributed by atoms with Crippen molar-refractivity contribution in [1.82, 2.24) is 0 Å². The van der Waals surface area contributed by atoms with Gasteiger partial charge in [0.25, 0.3) is 0 Å². The minimum absolute atomic E-state index is 0.120. The van der Waals surface area contributed by atoms with Crippen LogP contribution in [0.2, 0.25) is 0 Å². The number of hydrogen-bond donors (Lipinski definition) is 1. The SMILES string of the molecule is C/C=C/[C@@](CC)(CO)CCOCc1ccccc1. The van der Waals surface area contributed by atoms with Crippen LogP contribution in [0.15, 0.2) is 42.5 Å². The van der Waals surface area contributed by atoms with Gasteiger partial charge in [-0.25, -0.2) is 0 Å². The summed E-state index contributed by atoms with van der Waals surface area (Å²) in [6.45, 7) is 5.59. The van der Waals surface area contributed by atoms with E-state index >= 15 is 0 Å². The summed E-state index contributed by atoms with van der Waals surface area (Å²) in [5.74, 6) is 0. The maximum Gasteiger partial charge on any atom is 0.0716 e. The lowest BCUT2D eigenvalue weighted by atomic mass is 9.82. The number of rotatable bonds is 8. The van der Waals surface area contributed by atoms with Gasteiger partial charge in [0.05, 0.1) is 13.2 Å². The van der Waals surface area contributed by atoms with Crippen molar-refractivity contribution < 1.29 is 9.84 Å². The number of allylic oxidation sites excluding steroid dienone is 1. The molecule has 0 bridgehead atoms. The fraction of sp³-hybridized carbons (Fsp3) is 0.500. The van der Waals surface area contributed by atoms with Crippen LogP contribution in [0.5, 0.6) is 0 Å². The van der Waals surface area contributed by atoms with E-state index in [1.165, 1.54) is 5.56 Å². The Labute approximate surface area is 110 Å². The molecule has 1 N–H and O–H groups in total. The normalized spacial score (nSPS) is 14.8. The van der Waals surface area contributed by atoms with Gasteiger partial charge in [-0.15, -0.1) is 0 Å². The zero-order valence-corrected chi connectivity index (χ0v) is 11.4. The molecule has 0 fully saturated rings. The molecule has 0 unspecified atom stereocenters. The molecule has 1 aromatic rings. The second kappa shape index (κ2) is 8.06. The Bertz CT molecular complexity index is 339. The summed E-state index contributed by atoms with van der Waals surface area (Å²) in [6, 6.07) is 10.2. The molecule has 0 saturated carbocycles. The molecule has 1 atom stereocenters. The van der Waals surface area contributed by atoms with Crippen LogP contribution < -0.4 is 0 Å². The smallest absolute Gasteiger partial charge is 0.0716 e. The van der Waals surface area contributed by atoms with Gasteiger partial charge in [-0.1, -0.05) is 49.4 Å². The highest BCUT2D eigenvalue weighted by Gasteiger charge is 2.23. The molecule has 2 nitrogen and oxygen atoms in total. The predicted octanol–water partition coefficient (Wildman–Crippen LogP) is 3.56. The van der Waals surface area contributed by atoms with Crippen LogP contribution in [0.25, 0.3) is 0 Å². The van der Waals surface area contributed by atoms with Gasteiger partial charge >= 0.3 is 0 Å². The van der Waals surface area contributed by atoms with Crippen LogP contribution >= 0.6 is 0 Å². The van der Waals surface area contributed by atoms with Crippen LogP contribution in [-0.2, 0) is 11.3 Å². The molecule has 0 amide bonds. The van der Waals surface area contributed by atoms with Crippen LogP contribution in [0, 0.1) is 5.41 Å². The molecule has 18 heavy (non-hydrogen) atoms. The Morgan fingerprint density at radius 3 is 2.56 bits per heavy atom. The summed E-state index contributed by atoms with van der Waals surface area (Å²) < 4.78 is 5.68. The van der Waals surface area contributed by atoms with Gasteiger partial charge in [-0.3, -0.25) is 0 Å². The monoisotopic (exact) mass is 248 g/mol. The molecule has 0 saturated heterocycles. The quantitative estimate of drug-likeness (QED) is 0.563. The maximum atomic E-state index is 9.52. The third-order valence-corrected chi connectivity index (χ3v) is 3.40. The number of benzene rings is 1. The van der Waals surface area contributed by atoms with Gasteiger partial charge in [0, 0.05) is 12.0 Å². The van der Waals surface area contributed by atoms with Gasteiger partial charge in [0.1, 0.15) is 0 Å². The lowest BCUT2D eigenvalue weighted by Gasteiger charge is -2.26. The molecule has 1 aromatic carbocycles. The van der Waals surface area contributed by atoms with Crippen molar-refractivity contribution in [2.75, 3.05) is 13.2 Å². The standard InChI is InChI=1S/C16H24O2/c1-3-10-16(4-2,14-17)11-12-18-13-15-8-6-5-7-9-15/h3,5-10,17H,4,11-14H2,1-2H3/b10-3+/t16-/m1/s1. The maximum absolute atomic E-state index is 9.52. The van der Waals surface area contributed by atoms with E-state index in [1.54, 1.807) is 0 Å². The fourth-order valence-corrected chi connectivity index (χ4v) is 2.01. The van der Waals surface area contributed by atoms with Crippen LogP contribution in [0.3, 0.4) is 0 Å². The third kappa shape index (κ3) is 4.63. The van der Waals surface area contributed by atoms with Crippen molar-refractivity contribution >= 4 is 0 Å². The molecule has 1 rings (SSSR count). The highest BCUT2D eigenvalue weighted by molar-refractivity contribution is 5.13. The third-order valence-electron chi connectivity index (χ3n) is 3.40. The van der Waals surface area contributed by atoms with Crippen molar-refractivity contribution in [3.05, 3.63) is 48.0 Å². The number of aliphatic hydroxyl groups is 1. The minimum Gasteiger partial charge on any atom is -0.395 e. The average Bonchev–Trinajstić information content (AvgIpc) is 2.43. The van der Waals surface area contributed by atoms with Crippen molar-refractivity contribution in [2.45, 2.75) is 33.3 Å². The Morgan fingerprint density at radius 2 is 2.00 bits per heavy atom. The minimum atomic E-state index is -0.120. The predicted molar refractivity (Wildman–Crippen MR) is 75.3 cm³/mol. The summed E-state index contributed by atoms with van der Waals surface area (Å²) in [5, 5.41) is 9.52. The van der Waals surface area contributed by atoms with E-state index in [4.69, 9.17) is 4.74 Å². The van der Waals surface area contributed by atoms with E-state index in [0.717, 1.165) is 12.8 Å². The van der Waals surface area contributed by atoms with Gasteiger partial charge in [0.2, 0.25) is 0 Å². The zero-order chi connectivity index (χ0) is 13.3. The van der Waals surface area contributed by atoms with Crippen LogP contribution in [0.4, 0.5) is 0 Å². The first-order valence-corrected chi connectivity index (χ1v) is 6.62. The highest BCUT2D eigenvalue weighted by Crippen LogP contribution is 2.27. The summed E-state index contributed by atoms with van der Waals surface area (Å²) in [4.78, 5) is 0. The van der Waals surface area contributed by atoms with Crippen LogP contribution in [0.1, 0.15) is 32.3 Å². The first-order chi connectivity index (χ1) is 8.76. The molecule has 0 spiro atoms. The van der Waals surface area contributed by atoms with Gasteiger partial charge in [0.15, 0.2) is 0 Å². The van der Waals surface area contributed by atoms with E-state index < -0.39 is 0 Å². The summed E-state index contributed by atoms with van der Waals surface area (Å²) in [6.07, 6.45) is 5.90. The second-order valence-corrected chi connectivity index (χ2v) is 4.66. The van der Waals surface area contributed by atoms with Gasteiger partial charge in [-0.05, 0) is 25.3 Å². The Balaban J connectivity index is 2.36. The Hall–Kier alpha value is -1.12. The molecule has 2 heteroatoms. The highest BCUT2D eigenvalue weighted by atomic mass is 16.5. The van der Waals surface area contributed by atoms with Crippen molar-refractivity contribution in [3.63, 3.8) is 0 Å². The largest absolute Gasteiger partial charge is 0.395 e. The first kappa shape index (κ1) is 14.9. The van der Waals surface area contributed by atoms with Crippen molar-refractivity contribution in [1.29, 1.82) is 0 Å². The lowest BCUT2D eigenvalue weighted by Crippen LogP contribution is -2.24. The molecule has 0 aliphatic heterocycles. The van der Waals surface area contributed by atoms with Gasteiger partial charge < -0.3 is 9.84 Å². The zero-order valence-electron chi connectivity index (χ0n) is 11.4. The van der Waals surface area contributed by atoms with E-state index in [2.05, 4.69) is 25.1 Å². The molecule has 0 aliphatic rings. The number of hydrogen-bond acceptors (Lipinski definition) is 2. The van der Waals surface area contributed by atoms with Crippen molar-refractivity contribution in [3.8, 4) is 0 Å². The Morgan fingerprint density at radius 1 is 1.28 bits per heavy atom. The fourth-order valence-electron chi connectivity index (χ4n) is 2.01. The molecular formula is C16H24O2. The number of aliphatic hydroxyl groups excluding tert-OH is 1. The topological polar surface area (TPSA) is 29.5 Å². The first-order valence-electron chi connectivity index (χ1n) is 6.62. The van der Waals surface area contributed by atoms with E-state index in [-0.39, 0.29) is 12.0 Å². The molecule has 0 radical (unpaired) electrons.